The van der Waals surface area contributed by atoms with Crippen molar-refractivity contribution in [2.75, 3.05) is 0 Å². The largest absolute Gasteiger partial charge is 0.442 e. The molecule has 3 aromatic heterocycles. The standard InChI is InChI=1S/C20H15FN4O3S/c21-14-8-6-13(7-9-14)18(16-5-3-11-29-16)23-17(26)12-25-19(24-28-20(25)27)15-4-1-2-10-22-15/h1-11,18H,12H2,(H,23,26). The molecular weight excluding hydrogens is 395 g/mol. The summed E-state index contributed by atoms with van der Waals surface area (Å²) in [5.74, 6) is -1.37. The molecule has 29 heavy (non-hydrogen) atoms. The molecule has 0 aliphatic rings. The maximum absolute atomic E-state index is 13.3. The van der Waals surface area contributed by atoms with Gasteiger partial charge in [-0.05, 0) is 41.3 Å². The number of aromatic nitrogens is 3. The Hall–Kier alpha value is -3.59. The summed E-state index contributed by atoms with van der Waals surface area (Å²) in [5.41, 5.74) is 1.14. The molecular formula is C20H15FN4O3S. The van der Waals surface area contributed by atoms with E-state index in [4.69, 9.17) is 4.52 Å². The molecule has 1 atom stereocenters. The van der Waals surface area contributed by atoms with E-state index in [9.17, 15) is 14.0 Å². The number of thiophene rings is 1. The Morgan fingerprint density at radius 2 is 2.00 bits per heavy atom. The number of carbonyl (C=O) groups is 1. The number of nitrogens with one attached hydrogen (secondary N) is 1. The van der Waals surface area contributed by atoms with Gasteiger partial charge in [-0.25, -0.2) is 13.8 Å². The van der Waals surface area contributed by atoms with E-state index in [1.807, 2.05) is 17.5 Å². The molecule has 0 radical (unpaired) electrons. The first kappa shape index (κ1) is 18.8. The Bertz CT molecular complexity index is 1150. The lowest BCUT2D eigenvalue weighted by molar-refractivity contribution is -0.122. The molecule has 0 saturated heterocycles. The number of pyridine rings is 1. The molecule has 7 nitrogen and oxygen atoms in total. The Kier molecular flexibility index (Phi) is 5.30. The van der Waals surface area contributed by atoms with Crippen LogP contribution in [-0.4, -0.2) is 20.6 Å². The van der Waals surface area contributed by atoms with Crippen molar-refractivity contribution in [3.05, 3.63) is 93.0 Å². The number of hydrogen-bond acceptors (Lipinski definition) is 6. The first-order valence-corrected chi connectivity index (χ1v) is 9.56. The highest BCUT2D eigenvalue weighted by atomic mass is 32.1. The predicted molar refractivity (Wildman–Crippen MR) is 105 cm³/mol. The van der Waals surface area contributed by atoms with Gasteiger partial charge in [-0.1, -0.05) is 29.4 Å². The molecule has 9 heteroatoms. The average molecular weight is 410 g/mol. The minimum absolute atomic E-state index is 0.167. The number of nitrogens with zero attached hydrogens (tertiary/aromatic N) is 3. The van der Waals surface area contributed by atoms with Crippen LogP contribution in [0.5, 0.6) is 0 Å². The topological polar surface area (TPSA) is 90.0 Å². The van der Waals surface area contributed by atoms with Crippen LogP contribution in [0.3, 0.4) is 0 Å². The lowest BCUT2D eigenvalue weighted by Crippen LogP contribution is -2.34. The normalized spacial score (nSPS) is 11.9. The highest BCUT2D eigenvalue weighted by Gasteiger charge is 2.21. The second-order valence-corrected chi connectivity index (χ2v) is 7.12. The van der Waals surface area contributed by atoms with E-state index in [2.05, 4.69) is 15.5 Å². The molecule has 0 saturated carbocycles. The highest BCUT2D eigenvalue weighted by molar-refractivity contribution is 7.10. The van der Waals surface area contributed by atoms with Crippen molar-refractivity contribution in [1.82, 2.24) is 20.0 Å². The molecule has 0 bridgehead atoms. The average Bonchev–Trinajstić information content (AvgIpc) is 3.38. The Morgan fingerprint density at radius 1 is 1.17 bits per heavy atom. The van der Waals surface area contributed by atoms with Crippen LogP contribution in [0.4, 0.5) is 4.39 Å². The monoisotopic (exact) mass is 410 g/mol. The van der Waals surface area contributed by atoms with E-state index in [-0.39, 0.29) is 18.2 Å². The van der Waals surface area contributed by atoms with Crippen molar-refractivity contribution < 1.29 is 13.7 Å². The maximum atomic E-state index is 13.3. The summed E-state index contributed by atoms with van der Waals surface area (Å²) in [6, 6.07) is 14.3. The smallest absolute Gasteiger partial charge is 0.343 e. The zero-order valence-electron chi connectivity index (χ0n) is 15.0. The molecule has 1 unspecified atom stereocenters. The molecule has 4 rings (SSSR count). The first-order chi connectivity index (χ1) is 14.1. The van der Waals surface area contributed by atoms with Crippen molar-refractivity contribution in [1.29, 1.82) is 0 Å². The van der Waals surface area contributed by atoms with Gasteiger partial charge in [0.05, 0.1) is 6.04 Å². The maximum Gasteiger partial charge on any atom is 0.442 e. The van der Waals surface area contributed by atoms with Crippen LogP contribution in [0.1, 0.15) is 16.5 Å². The molecule has 4 aromatic rings. The Balaban J connectivity index is 1.59. The van der Waals surface area contributed by atoms with Crippen LogP contribution >= 0.6 is 11.3 Å². The van der Waals surface area contributed by atoms with Crippen LogP contribution in [0.25, 0.3) is 11.5 Å². The minimum Gasteiger partial charge on any atom is -0.343 e. The molecule has 1 aromatic carbocycles. The number of amides is 1. The molecule has 0 spiro atoms. The zero-order valence-corrected chi connectivity index (χ0v) is 15.8. The van der Waals surface area contributed by atoms with Crippen molar-refractivity contribution >= 4 is 17.2 Å². The Labute approximate surface area is 168 Å². The number of rotatable bonds is 6. The van der Waals surface area contributed by atoms with Crippen molar-refractivity contribution in [3.63, 3.8) is 0 Å². The SMILES string of the molecule is O=C(Cn1c(-c2ccccn2)noc1=O)NC(c1ccc(F)cc1)c1cccs1. The van der Waals surface area contributed by atoms with E-state index < -0.39 is 17.7 Å². The van der Waals surface area contributed by atoms with Crippen molar-refractivity contribution in [2.45, 2.75) is 12.6 Å². The summed E-state index contributed by atoms with van der Waals surface area (Å²) in [5, 5.41) is 8.52. The van der Waals surface area contributed by atoms with E-state index in [0.29, 0.717) is 5.69 Å². The first-order valence-electron chi connectivity index (χ1n) is 8.68. The van der Waals surface area contributed by atoms with Crippen LogP contribution in [0.15, 0.2) is 75.5 Å². The second kappa shape index (κ2) is 8.19. The molecule has 1 amide bonds. The van der Waals surface area contributed by atoms with E-state index in [1.54, 1.807) is 36.5 Å². The van der Waals surface area contributed by atoms with E-state index in [0.717, 1.165) is 15.0 Å². The lowest BCUT2D eigenvalue weighted by atomic mass is 10.1. The number of carbonyl (C=O) groups excluding carboxylic acids is 1. The van der Waals surface area contributed by atoms with Gasteiger partial charge in [0.25, 0.3) is 0 Å². The van der Waals surface area contributed by atoms with Gasteiger partial charge in [-0.15, -0.1) is 11.3 Å². The van der Waals surface area contributed by atoms with Gasteiger partial charge in [0, 0.05) is 11.1 Å². The fraction of sp³-hybridized carbons (Fsp3) is 0.100. The van der Waals surface area contributed by atoms with Gasteiger partial charge in [-0.2, -0.15) is 0 Å². The van der Waals surface area contributed by atoms with Crippen molar-refractivity contribution in [2.24, 2.45) is 0 Å². The van der Waals surface area contributed by atoms with Crippen molar-refractivity contribution in [3.8, 4) is 11.5 Å². The number of benzene rings is 1. The predicted octanol–water partition coefficient (Wildman–Crippen LogP) is 3.00. The van der Waals surface area contributed by atoms with Crippen LogP contribution in [-0.2, 0) is 11.3 Å². The molecule has 0 fully saturated rings. The molecule has 146 valence electrons. The molecule has 3 heterocycles. The van der Waals surface area contributed by atoms with E-state index in [1.165, 1.54) is 23.5 Å². The van der Waals surface area contributed by atoms with Gasteiger partial charge >= 0.3 is 5.76 Å². The summed E-state index contributed by atoms with van der Waals surface area (Å²) in [7, 11) is 0. The van der Waals surface area contributed by atoms with Gasteiger partial charge in [0.2, 0.25) is 11.7 Å². The summed E-state index contributed by atoms with van der Waals surface area (Å²) in [6.45, 7) is -0.294. The third kappa shape index (κ3) is 4.14. The fourth-order valence-corrected chi connectivity index (χ4v) is 3.67. The van der Waals surface area contributed by atoms with Crippen LogP contribution in [0, 0.1) is 5.82 Å². The van der Waals surface area contributed by atoms with Crippen LogP contribution in [0.2, 0.25) is 0 Å². The summed E-state index contributed by atoms with van der Waals surface area (Å²) in [6.07, 6.45) is 1.56. The summed E-state index contributed by atoms with van der Waals surface area (Å²) >= 11 is 1.47. The highest BCUT2D eigenvalue weighted by Crippen LogP contribution is 2.26. The van der Waals surface area contributed by atoms with Gasteiger partial charge in [-0.3, -0.25) is 14.3 Å². The van der Waals surface area contributed by atoms with Crippen LogP contribution < -0.4 is 11.1 Å². The third-order valence-corrected chi connectivity index (χ3v) is 5.16. The van der Waals surface area contributed by atoms with E-state index >= 15 is 0 Å². The summed E-state index contributed by atoms with van der Waals surface area (Å²) < 4.78 is 19.2. The molecule has 0 aliphatic heterocycles. The van der Waals surface area contributed by atoms with Gasteiger partial charge in [0.1, 0.15) is 18.1 Å². The van der Waals surface area contributed by atoms with Gasteiger partial charge < -0.3 is 5.32 Å². The summed E-state index contributed by atoms with van der Waals surface area (Å²) in [4.78, 5) is 29.8. The molecule has 1 N–H and O–H groups in total. The quantitative estimate of drug-likeness (QED) is 0.528. The number of halogens is 1. The van der Waals surface area contributed by atoms with Gasteiger partial charge in [0.15, 0.2) is 0 Å². The molecule has 0 aliphatic carbocycles. The number of hydrogen-bond donors (Lipinski definition) is 1. The Morgan fingerprint density at radius 3 is 2.69 bits per heavy atom. The zero-order chi connectivity index (χ0) is 20.2. The lowest BCUT2D eigenvalue weighted by Gasteiger charge is -2.18. The second-order valence-electron chi connectivity index (χ2n) is 6.14. The fourth-order valence-electron chi connectivity index (χ4n) is 2.87. The minimum atomic E-state index is -0.754. The third-order valence-electron chi connectivity index (χ3n) is 4.22.